The lowest BCUT2D eigenvalue weighted by Crippen LogP contribution is -2.60. The third-order valence-corrected chi connectivity index (χ3v) is 3.78. The number of alkyl halides is 3. The number of hydrogen-bond acceptors (Lipinski definition) is 4. The number of benzene rings is 1. The van der Waals surface area contributed by atoms with Gasteiger partial charge in [0.05, 0.1) is 18.3 Å². The summed E-state index contributed by atoms with van der Waals surface area (Å²) in [6, 6.07) is 5.87. The van der Waals surface area contributed by atoms with Crippen LogP contribution in [0.25, 0.3) is 0 Å². The van der Waals surface area contributed by atoms with Crippen LogP contribution in [0, 0.1) is 0 Å². The molecule has 3 rings (SSSR count). The summed E-state index contributed by atoms with van der Waals surface area (Å²) in [7, 11) is 0. The maximum absolute atomic E-state index is 12.1. The van der Waals surface area contributed by atoms with Crippen LogP contribution in [-0.4, -0.2) is 47.8 Å². The van der Waals surface area contributed by atoms with Gasteiger partial charge in [-0.05, 0) is 17.7 Å². The second kappa shape index (κ2) is 5.15. The maximum Gasteiger partial charge on any atom is 0.573 e. The van der Waals surface area contributed by atoms with E-state index in [2.05, 4.69) is 9.64 Å². The van der Waals surface area contributed by atoms with Crippen molar-refractivity contribution in [1.29, 1.82) is 0 Å². The first-order chi connectivity index (χ1) is 9.84. The van der Waals surface area contributed by atoms with Gasteiger partial charge in [0.25, 0.3) is 0 Å². The van der Waals surface area contributed by atoms with Gasteiger partial charge in [-0.1, -0.05) is 12.1 Å². The van der Waals surface area contributed by atoms with Crippen LogP contribution in [0.5, 0.6) is 5.75 Å². The van der Waals surface area contributed by atoms with Crippen LogP contribution in [0.4, 0.5) is 13.2 Å². The molecule has 0 saturated carbocycles. The molecule has 4 nitrogen and oxygen atoms in total. The highest BCUT2D eigenvalue weighted by molar-refractivity contribution is 5.27. The molecule has 2 fully saturated rings. The van der Waals surface area contributed by atoms with Crippen molar-refractivity contribution in [2.24, 2.45) is 0 Å². The molecular formula is C14H16F3NO3. The van der Waals surface area contributed by atoms with E-state index in [-0.39, 0.29) is 17.5 Å². The van der Waals surface area contributed by atoms with Gasteiger partial charge in [0.15, 0.2) is 0 Å². The van der Waals surface area contributed by atoms with Crippen LogP contribution in [-0.2, 0) is 11.3 Å². The molecule has 2 aliphatic rings. The molecule has 1 aromatic carbocycles. The van der Waals surface area contributed by atoms with Crippen molar-refractivity contribution < 1.29 is 27.8 Å². The van der Waals surface area contributed by atoms with E-state index in [1.807, 2.05) is 0 Å². The summed E-state index contributed by atoms with van der Waals surface area (Å²) in [6.45, 7) is 2.51. The number of aliphatic hydroxyl groups excluding tert-OH is 1. The van der Waals surface area contributed by atoms with Gasteiger partial charge in [0, 0.05) is 26.1 Å². The number of halogens is 3. The fourth-order valence-electron chi connectivity index (χ4n) is 2.98. The monoisotopic (exact) mass is 303 g/mol. The van der Waals surface area contributed by atoms with Crippen molar-refractivity contribution in [2.75, 3.05) is 19.7 Å². The van der Waals surface area contributed by atoms with E-state index < -0.39 is 6.36 Å². The zero-order valence-electron chi connectivity index (χ0n) is 11.3. The number of aliphatic hydroxyl groups is 1. The van der Waals surface area contributed by atoms with Crippen LogP contribution in [0.1, 0.15) is 12.0 Å². The molecule has 116 valence electrons. The second-order valence-corrected chi connectivity index (χ2v) is 5.69. The van der Waals surface area contributed by atoms with Crippen LogP contribution in [0.3, 0.4) is 0 Å². The van der Waals surface area contributed by atoms with Gasteiger partial charge in [0.2, 0.25) is 0 Å². The molecular weight excluding hydrogens is 287 g/mol. The Hall–Kier alpha value is -1.31. The predicted molar refractivity (Wildman–Crippen MR) is 67.7 cm³/mol. The van der Waals surface area contributed by atoms with Crippen molar-refractivity contribution in [2.45, 2.75) is 31.0 Å². The minimum atomic E-state index is -4.66. The normalized spacial score (nSPS) is 25.0. The molecule has 7 heteroatoms. The Kier molecular flexibility index (Phi) is 3.59. The molecule has 0 aromatic heterocycles. The minimum Gasteiger partial charge on any atom is -0.406 e. The molecule has 0 radical (unpaired) electrons. The Morgan fingerprint density at radius 2 is 1.95 bits per heavy atom. The molecule has 0 amide bonds. The average Bonchev–Trinajstić information content (AvgIpc) is 2.72. The van der Waals surface area contributed by atoms with Crippen LogP contribution >= 0.6 is 0 Å². The largest absolute Gasteiger partial charge is 0.573 e. The van der Waals surface area contributed by atoms with Crippen molar-refractivity contribution in [3.8, 4) is 5.75 Å². The van der Waals surface area contributed by atoms with E-state index in [0.29, 0.717) is 19.6 Å². The summed E-state index contributed by atoms with van der Waals surface area (Å²) >= 11 is 0. The molecule has 1 atom stereocenters. The minimum absolute atomic E-state index is 0.214. The third kappa shape index (κ3) is 3.48. The number of hydrogen-bond donors (Lipinski definition) is 1. The molecule has 1 spiro atoms. The topological polar surface area (TPSA) is 41.9 Å². The van der Waals surface area contributed by atoms with Crippen LogP contribution in [0.2, 0.25) is 0 Å². The molecule has 2 aliphatic heterocycles. The summed E-state index contributed by atoms with van der Waals surface area (Å²) in [5, 5.41) is 9.48. The lowest BCUT2D eigenvalue weighted by molar-refractivity contribution is -0.274. The van der Waals surface area contributed by atoms with E-state index in [0.717, 1.165) is 18.7 Å². The molecule has 21 heavy (non-hydrogen) atoms. The molecule has 0 aliphatic carbocycles. The highest BCUT2D eigenvalue weighted by atomic mass is 19.4. The third-order valence-electron chi connectivity index (χ3n) is 3.78. The quantitative estimate of drug-likeness (QED) is 0.926. The average molecular weight is 303 g/mol. The summed E-state index contributed by atoms with van der Waals surface area (Å²) in [4.78, 5) is 2.14. The van der Waals surface area contributed by atoms with E-state index in [9.17, 15) is 18.3 Å². The lowest BCUT2D eigenvalue weighted by Gasteiger charge is -2.47. The molecule has 1 aromatic rings. The van der Waals surface area contributed by atoms with Gasteiger partial charge in [-0.2, -0.15) is 0 Å². The standard InChI is InChI=1S/C14H16F3NO3/c15-14(16,17)21-12-3-1-10(2-4-12)6-18-8-13(9-18)5-11(19)7-20-13/h1-4,11,19H,5-9H2. The van der Waals surface area contributed by atoms with Gasteiger partial charge in [-0.25, -0.2) is 0 Å². The number of rotatable bonds is 3. The Morgan fingerprint density at radius 3 is 2.48 bits per heavy atom. The molecule has 1 unspecified atom stereocenters. The summed E-state index contributed by atoms with van der Waals surface area (Å²) < 4.78 is 45.6. The highest BCUT2D eigenvalue weighted by Gasteiger charge is 2.49. The highest BCUT2D eigenvalue weighted by Crippen LogP contribution is 2.36. The number of nitrogens with zero attached hydrogens (tertiary/aromatic N) is 1. The van der Waals surface area contributed by atoms with Gasteiger partial charge < -0.3 is 14.6 Å². The zero-order valence-corrected chi connectivity index (χ0v) is 11.3. The van der Waals surface area contributed by atoms with Gasteiger partial charge in [-0.15, -0.1) is 13.2 Å². The fourth-order valence-corrected chi connectivity index (χ4v) is 2.98. The second-order valence-electron chi connectivity index (χ2n) is 5.69. The van der Waals surface area contributed by atoms with Crippen LogP contribution < -0.4 is 4.74 Å². The summed E-state index contributed by atoms with van der Waals surface area (Å²) in [5.74, 6) is -0.214. The predicted octanol–water partition coefficient (Wildman–Crippen LogP) is 1.92. The van der Waals surface area contributed by atoms with E-state index >= 15 is 0 Å². The lowest BCUT2D eigenvalue weighted by atomic mass is 9.90. The fraction of sp³-hybridized carbons (Fsp3) is 0.571. The molecule has 2 saturated heterocycles. The smallest absolute Gasteiger partial charge is 0.406 e. The first kappa shape index (κ1) is 14.6. The zero-order chi connectivity index (χ0) is 15.1. The number of ether oxygens (including phenoxy) is 2. The van der Waals surface area contributed by atoms with E-state index in [1.54, 1.807) is 12.1 Å². The van der Waals surface area contributed by atoms with E-state index in [1.165, 1.54) is 12.1 Å². The van der Waals surface area contributed by atoms with Gasteiger partial charge >= 0.3 is 6.36 Å². The van der Waals surface area contributed by atoms with Crippen molar-refractivity contribution in [3.05, 3.63) is 29.8 Å². The van der Waals surface area contributed by atoms with Crippen molar-refractivity contribution in [1.82, 2.24) is 4.90 Å². The SMILES string of the molecule is OC1COC2(C1)CN(Cc1ccc(OC(F)(F)F)cc1)C2. The number of likely N-dealkylation sites (tertiary alicyclic amines) is 1. The van der Waals surface area contributed by atoms with Crippen molar-refractivity contribution >= 4 is 0 Å². The maximum atomic E-state index is 12.1. The van der Waals surface area contributed by atoms with Crippen LogP contribution in [0.15, 0.2) is 24.3 Å². The van der Waals surface area contributed by atoms with Crippen molar-refractivity contribution in [3.63, 3.8) is 0 Å². The molecule has 2 heterocycles. The van der Waals surface area contributed by atoms with E-state index in [4.69, 9.17) is 4.74 Å². The molecule has 1 N–H and O–H groups in total. The van der Waals surface area contributed by atoms with Gasteiger partial charge in [-0.3, -0.25) is 4.90 Å². The van der Waals surface area contributed by atoms with Gasteiger partial charge in [0.1, 0.15) is 5.75 Å². The summed E-state index contributed by atoms with van der Waals surface area (Å²) in [5.41, 5.74) is 0.691. The molecule has 0 bridgehead atoms. The summed E-state index contributed by atoms with van der Waals surface area (Å²) in [6.07, 6.45) is -4.39. The Labute approximate surface area is 120 Å². The Balaban J connectivity index is 1.51. The first-order valence-corrected chi connectivity index (χ1v) is 6.73. The Bertz CT molecular complexity index is 497. The first-order valence-electron chi connectivity index (χ1n) is 6.73. The Morgan fingerprint density at radius 1 is 1.29 bits per heavy atom.